The molecular formula is C26H47BO5Si. The van der Waals surface area contributed by atoms with Crippen molar-refractivity contribution in [2.45, 2.75) is 117 Å². The lowest BCUT2D eigenvalue weighted by Crippen LogP contribution is -2.63. The molecule has 2 unspecified atom stereocenters. The highest BCUT2D eigenvalue weighted by atomic mass is 28.4. The summed E-state index contributed by atoms with van der Waals surface area (Å²) >= 11 is 0. The van der Waals surface area contributed by atoms with E-state index in [-0.39, 0.29) is 23.9 Å². The van der Waals surface area contributed by atoms with Gasteiger partial charge in [0.05, 0.1) is 23.7 Å². The Balaban J connectivity index is 1.75. The van der Waals surface area contributed by atoms with Crippen molar-refractivity contribution in [2.75, 3.05) is 0 Å². The minimum absolute atomic E-state index is 0.00437. The topological polar surface area (TPSA) is 65.0 Å². The summed E-state index contributed by atoms with van der Waals surface area (Å²) in [6.45, 7) is 23.8. The normalized spacial score (nSPS) is 33.5. The van der Waals surface area contributed by atoms with Gasteiger partial charge in [-0.2, -0.15) is 0 Å². The predicted molar refractivity (Wildman–Crippen MR) is 137 cm³/mol. The first-order chi connectivity index (χ1) is 14.8. The quantitative estimate of drug-likeness (QED) is 0.338. The molecule has 1 aliphatic heterocycles. The largest absolute Gasteiger partial charge is 0.481 e. The van der Waals surface area contributed by atoms with Gasteiger partial charge in [0, 0.05) is 6.32 Å². The molecule has 33 heavy (non-hydrogen) atoms. The highest BCUT2D eigenvalue weighted by Crippen LogP contribution is 2.64. The molecule has 2 bridgehead atoms. The molecule has 5 nitrogen and oxygen atoms in total. The minimum atomic E-state index is -2.17. The van der Waals surface area contributed by atoms with E-state index < -0.39 is 31.7 Å². The molecule has 1 heterocycles. The fourth-order valence-corrected chi connectivity index (χ4v) is 7.21. The number of allylic oxidation sites excluding steroid dienone is 1. The molecule has 6 atom stereocenters. The summed E-state index contributed by atoms with van der Waals surface area (Å²) in [5.74, 6) is -0.180. The van der Waals surface area contributed by atoms with Crippen LogP contribution < -0.4 is 0 Å². The Morgan fingerprint density at radius 1 is 1.21 bits per heavy atom. The third-order valence-electron chi connectivity index (χ3n) is 9.28. The summed E-state index contributed by atoms with van der Waals surface area (Å²) in [4.78, 5) is 12.3. The molecule has 3 aliphatic carbocycles. The van der Waals surface area contributed by atoms with Gasteiger partial charge >= 0.3 is 13.1 Å². The van der Waals surface area contributed by atoms with Crippen molar-refractivity contribution < 1.29 is 23.6 Å². The number of carbonyl (C=O) groups is 1. The second-order valence-corrected chi connectivity index (χ2v) is 18.9. The Hall–Kier alpha value is -0.628. The van der Waals surface area contributed by atoms with Crippen molar-refractivity contribution in [2.24, 2.45) is 28.6 Å². The van der Waals surface area contributed by atoms with E-state index >= 15 is 0 Å². The molecular weight excluding hydrogens is 431 g/mol. The van der Waals surface area contributed by atoms with Gasteiger partial charge in [-0.1, -0.05) is 67.5 Å². The molecule has 1 N–H and O–H groups in total. The van der Waals surface area contributed by atoms with Gasteiger partial charge in [-0.25, -0.2) is 0 Å². The lowest BCUT2D eigenvalue weighted by Gasteiger charge is -2.63. The number of carboxylic acids is 1. The van der Waals surface area contributed by atoms with Crippen molar-refractivity contribution in [3.8, 4) is 0 Å². The molecule has 4 rings (SSSR count). The van der Waals surface area contributed by atoms with Crippen LogP contribution in [0.1, 0.15) is 75.2 Å². The zero-order chi connectivity index (χ0) is 25.2. The third-order valence-corrected chi connectivity index (χ3v) is 13.8. The summed E-state index contributed by atoms with van der Waals surface area (Å²) in [5, 5.41) is 10.1. The zero-order valence-electron chi connectivity index (χ0n) is 22.8. The van der Waals surface area contributed by atoms with E-state index in [4.69, 9.17) is 13.7 Å². The first kappa shape index (κ1) is 27.0. The van der Waals surface area contributed by atoms with Gasteiger partial charge in [0.1, 0.15) is 0 Å². The van der Waals surface area contributed by atoms with E-state index in [1.807, 2.05) is 32.9 Å². The molecule has 0 aromatic rings. The van der Waals surface area contributed by atoms with Crippen LogP contribution >= 0.6 is 0 Å². The zero-order valence-corrected chi connectivity index (χ0v) is 23.8. The lowest BCUT2D eigenvalue weighted by atomic mass is 9.45. The molecule has 0 aromatic carbocycles. The van der Waals surface area contributed by atoms with E-state index in [0.29, 0.717) is 23.6 Å². The van der Waals surface area contributed by atoms with Gasteiger partial charge in [0.2, 0.25) is 0 Å². The van der Waals surface area contributed by atoms with Gasteiger partial charge in [0.25, 0.3) is 0 Å². The summed E-state index contributed by atoms with van der Waals surface area (Å²) < 4.78 is 19.6. The van der Waals surface area contributed by atoms with Crippen LogP contribution in [0.15, 0.2) is 12.2 Å². The van der Waals surface area contributed by atoms with Gasteiger partial charge < -0.3 is 18.8 Å². The van der Waals surface area contributed by atoms with Gasteiger partial charge in [-0.05, 0) is 60.6 Å². The smallest absolute Gasteiger partial charge is 0.461 e. The number of carboxylic acid groups (broad SMARTS) is 1. The highest BCUT2D eigenvalue weighted by Gasteiger charge is 2.66. The standard InChI is InChI=1S/C26H47BO5Si/c1-23(2,3)20(22(28)29)19(31-33(10,11)24(4,5)6)13-12-14-27-30-21-18-15-17(25(18,7)8)16-26(21,9)32-27/h12-13,17-21H,14-16H2,1-11H3,(H,28,29)/b13-12-/t17-,18+,19?,20?,21-,26+/m1/s1. The molecule has 0 aromatic heterocycles. The predicted octanol–water partition coefficient (Wildman–Crippen LogP) is 6.41. The monoisotopic (exact) mass is 478 g/mol. The molecule has 7 heteroatoms. The van der Waals surface area contributed by atoms with Gasteiger partial charge in [-0.15, -0.1) is 0 Å². The molecule has 4 fully saturated rings. The molecule has 4 aliphatic rings. The Morgan fingerprint density at radius 3 is 2.30 bits per heavy atom. The van der Waals surface area contributed by atoms with Crippen LogP contribution in [0, 0.1) is 28.6 Å². The number of rotatable bonds is 7. The van der Waals surface area contributed by atoms with Crippen LogP contribution in [0.2, 0.25) is 24.5 Å². The summed E-state index contributed by atoms with van der Waals surface area (Å²) in [6, 6.07) is 0. The van der Waals surface area contributed by atoms with Crippen LogP contribution in [0.3, 0.4) is 0 Å². The molecule has 1 saturated heterocycles. The maximum absolute atomic E-state index is 12.3. The molecule has 0 spiro atoms. The minimum Gasteiger partial charge on any atom is -0.481 e. The van der Waals surface area contributed by atoms with Crippen molar-refractivity contribution in [3.63, 3.8) is 0 Å². The van der Waals surface area contributed by atoms with E-state index in [2.05, 4.69) is 54.6 Å². The molecule has 188 valence electrons. The van der Waals surface area contributed by atoms with Crippen LogP contribution in [-0.2, 0) is 18.5 Å². The SMILES string of the molecule is CC(C)(C)C(C(=O)O)C(/C=C\CB1O[C@@H]2[C@@H]3C[C@H](C[C@]2(C)O1)C3(C)C)O[Si](C)(C)C(C)(C)C. The maximum Gasteiger partial charge on any atom is 0.461 e. The van der Waals surface area contributed by atoms with Crippen molar-refractivity contribution >= 4 is 21.4 Å². The fraction of sp³-hybridized carbons (Fsp3) is 0.885. The lowest BCUT2D eigenvalue weighted by molar-refractivity contribution is -0.185. The second kappa shape index (κ2) is 8.49. The number of hydrogen-bond donors (Lipinski definition) is 1. The van der Waals surface area contributed by atoms with Crippen molar-refractivity contribution in [1.82, 2.24) is 0 Å². The molecule has 0 radical (unpaired) electrons. The molecule has 3 saturated carbocycles. The summed E-state index contributed by atoms with van der Waals surface area (Å²) in [6.07, 6.45) is 6.56. The number of hydrogen-bond acceptors (Lipinski definition) is 4. The average molecular weight is 479 g/mol. The van der Waals surface area contributed by atoms with E-state index in [0.717, 1.165) is 6.42 Å². The Labute approximate surface area is 203 Å². The maximum atomic E-state index is 12.3. The first-order valence-corrected chi connectivity index (χ1v) is 15.6. The van der Waals surface area contributed by atoms with Crippen molar-refractivity contribution in [3.05, 3.63) is 12.2 Å². The molecule has 0 amide bonds. The Morgan fingerprint density at radius 2 is 1.82 bits per heavy atom. The Bertz CT molecular complexity index is 781. The second-order valence-electron chi connectivity index (χ2n) is 14.2. The van der Waals surface area contributed by atoms with Crippen LogP contribution in [0.4, 0.5) is 0 Å². The van der Waals surface area contributed by atoms with E-state index in [9.17, 15) is 9.90 Å². The Kier molecular flexibility index (Phi) is 6.94. The average Bonchev–Trinajstić information content (AvgIpc) is 2.94. The fourth-order valence-electron chi connectivity index (χ4n) is 5.96. The van der Waals surface area contributed by atoms with Crippen LogP contribution in [0.25, 0.3) is 0 Å². The van der Waals surface area contributed by atoms with E-state index in [1.54, 1.807) is 0 Å². The van der Waals surface area contributed by atoms with Gasteiger partial charge in [-0.3, -0.25) is 4.79 Å². The first-order valence-electron chi connectivity index (χ1n) is 12.7. The van der Waals surface area contributed by atoms with Gasteiger partial charge in [0.15, 0.2) is 8.32 Å². The van der Waals surface area contributed by atoms with E-state index in [1.165, 1.54) is 6.42 Å². The highest BCUT2D eigenvalue weighted by molar-refractivity contribution is 6.74. The van der Waals surface area contributed by atoms with Crippen LogP contribution in [-0.4, -0.2) is 44.3 Å². The van der Waals surface area contributed by atoms with Crippen LogP contribution in [0.5, 0.6) is 0 Å². The third kappa shape index (κ3) is 5.03. The van der Waals surface area contributed by atoms with Crippen molar-refractivity contribution in [1.29, 1.82) is 0 Å². The summed E-state index contributed by atoms with van der Waals surface area (Å²) in [5.41, 5.74) is -0.298. The number of aliphatic carboxylic acids is 1. The summed E-state index contributed by atoms with van der Waals surface area (Å²) in [7, 11) is -2.45.